The maximum atomic E-state index is 11.8. The van der Waals surface area contributed by atoms with Crippen LogP contribution in [-0.4, -0.2) is 31.4 Å². The van der Waals surface area contributed by atoms with Gasteiger partial charge in [-0.25, -0.2) is 4.79 Å². The lowest BCUT2D eigenvalue weighted by atomic mass is 10.1. The molecule has 0 bridgehead atoms. The molecule has 1 aromatic rings. The Hall–Kier alpha value is -1.75. The Bertz CT molecular complexity index is 509. The zero-order valence-electron chi connectivity index (χ0n) is 15.2. The second-order valence-corrected chi connectivity index (χ2v) is 6.70. The number of rotatable bonds is 7. The highest BCUT2D eigenvalue weighted by atomic mass is 16.6. The molecule has 0 aliphatic carbocycles. The molecule has 0 saturated heterocycles. The summed E-state index contributed by atoms with van der Waals surface area (Å²) in [5.74, 6) is 0.872. The van der Waals surface area contributed by atoms with Gasteiger partial charge in [-0.3, -0.25) is 0 Å². The third kappa shape index (κ3) is 7.37. The lowest BCUT2D eigenvalue weighted by Crippen LogP contribution is -2.43. The molecule has 5 nitrogen and oxygen atoms in total. The van der Waals surface area contributed by atoms with Crippen molar-refractivity contribution in [3.63, 3.8) is 0 Å². The summed E-state index contributed by atoms with van der Waals surface area (Å²) in [6, 6.07) is 6.14. The molecule has 1 amide bonds. The van der Waals surface area contributed by atoms with Crippen molar-refractivity contribution < 1.29 is 14.3 Å². The highest BCUT2D eigenvalue weighted by molar-refractivity contribution is 5.68. The van der Waals surface area contributed by atoms with E-state index in [1.165, 1.54) is 5.56 Å². The average molecular weight is 322 g/mol. The number of aryl methyl sites for hydroxylation is 1. The second-order valence-electron chi connectivity index (χ2n) is 6.70. The van der Waals surface area contributed by atoms with Crippen LogP contribution in [0.5, 0.6) is 5.75 Å². The van der Waals surface area contributed by atoms with Gasteiger partial charge in [0.2, 0.25) is 0 Å². The van der Waals surface area contributed by atoms with E-state index in [9.17, 15) is 4.79 Å². The van der Waals surface area contributed by atoms with Crippen LogP contribution >= 0.6 is 0 Å². The molecule has 0 saturated carbocycles. The molecule has 1 unspecified atom stereocenters. The summed E-state index contributed by atoms with van der Waals surface area (Å²) in [5.41, 5.74) is 1.83. The number of alkyl carbamates (subject to hydrolysis) is 1. The first kappa shape index (κ1) is 19.3. The Morgan fingerprint density at radius 3 is 2.57 bits per heavy atom. The molecule has 2 N–H and O–H groups in total. The Morgan fingerprint density at radius 1 is 1.30 bits per heavy atom. The van der Waals surface area contributed by atoms with Crippen molar-refractivity contribution in [2.45, 2.75) is 59.2 Å². The first-order chi connectivity index (χ1) is 10.7. The number of carbonyl (C=O) groups is 1. The van der Waals surface area contributed by atoms with Crippen LogP contribution < -0.4 is 15.4 Å². The lowest BCUT2D eigenvalue weighted by molar-refractivity contribution is 0.0502. The number of ether oxygens (including phenoxy) is 2. The van der Waals surface area contributed by atoms with Gasteiger partial charge in [-0.2, -0.15) is 0 Å². The van der Waals surface area contributed by atoms with E-state index in [2.05, 4.69) is 23.6 Å². The minimum absolute atomic E-state index is 0.0284. The molecular formula is C18H30N2O3. The van der Waals surface area contributed by atoms with Crippen molar-refractivity contribution in [2.75, 3.05) is 13.7 Å². The molecule has 0 fully saturated rings. The van der Waals surface area contributed by atoms with Crippen LogP contribution in [0.15, 0.2) is 18.2 Å². The largest absolute Gasteiger partial charge is 0.496 e. The van der Waals surface area contributed by atoms with E-state index >= 15 is 0 Å². The van der Waals surface area contributed by atoms with Crippen molar-refractivity contribution in [2.24, 2.45) is 0 Å². The highest BCUT2D eigenvalue weighted by Gasteiger charge is 2.18. The molecule has 1 atom stereocenters. The number of benzene rings is 1. The predicted molar refractivity (Wildman–Crippen MR) is 92.9 cm³/mol. The van der Waals surface area contributed by atoms with Gasteiger partial charge in [0.05, 0.1) is 7.11 Å². The van der Waals surface area contributed by atoms with Gasteiger partial charge in [-0.05, 0) is 40.2 Å². The number of methoxy groups -OCH3 is 1. The van der Waals surface area contributed by atoms with Gasteiger partial charge in [-0.15, -0.1) is 0 Å². The number of carbonyl (C=O) groups excluding carboxylic acids is 1. The molecule has 130 valence electrons. The molecule has 0 aliphatic heterocycles. The molecular weight excluding hydrogens is 292 g/mol. The van der Waals surface area contributed by atoms with E-state index in [0.717, 1.165) is 17.7 Å². The van der Waals surface area contributed by atoms with Crippen LogP contribution in [0.1, 0.15) is 45.2 Å². The van der Waals surface area contributed by atoms with E-state index in [4.69, 9.17) is 9.47 Å². The zero-order valence-corrected chi connectivity index (χ0v) is 15.2. The molecule has 0 aliphatic rings. The fourth-order valence-electron chi connectivity index (χ4n) is 2.20. The Labute approximate surface area is 139 Å². The summed E-state index contributed by atoms with van der Waals surface area (Å²) >= 11 is 0. The number of nitrogens with one attached hydrogen (secondary N) is 2. The van der Waals surface area contributed by atoms with E-state index in [1.54, 1.807) is 7.11 Å². The zero-order chi connectivity index (χ0) is 17.5. The number of hydrogen-bond donors (Lipinski definition) is 2. The smallest absolute Gasteiger partial charge is 0.407 e. The van der Waals surface area contributed by atoms with Gasteiger partial charge in [0.1, 0.15) is 11.4 Å². The van der Waals surface area contributed by atoms with E-state index in [0.29, 0.717) is 13.1 Å². The van der Waals surface area contributed by atoms with Crippen molar-refractivity contribution >= 4 is 6.09 Å². The Morgan fingerprint density at radius 2 is 2.00 bits per heavy atom. The average Bonchev–Trinajstić information content (AvgIpc) is 2.44. The van der Waals surface area contributed by atoms with Crippen LogP contribution in [0.25, 0.3) is 0 Å². The van der Waals surface area contributed by atoms with Crippen molar-refractivity contribution in [3.8, 4) is 5.75 Å². The fourth-order valence-corrected chi connectivity index (χ4v) is 2.20. The quantitative estimate of drug-likeness (QED) is 0.808. The summed E-state index contributed by atoms with van der Waals surface area (Å²) in [7, 11) is 1.67. The molecule has 0 spiro atoms. The highest BCUT2D eigenvalue weighted by Crippen LogP contribution is 2.19. The normalized spacial score (nSPS) is 12.6. The van der Waals surface area contributed by atoms with E-state index in [1.807, 2.05) is 39.8 Å². The van der Waals surface area contributed by atoms with Gasteiger partial charge in [0.15, 0.2) is 0 Å². The molecule has 0 aromatic heterocycles. The van der Waals surface area contributed by atoms with Crippen LogP contribution in [0.3, 0.4) is 0 Å². The van der Waals surface area contributed by atoms with Crippen LogP contribution in [0, 0.1) is 6.92 Å². The maximum Gasteiger partial charge on any atom is 0.407 e. The van der Waals surface area contributed by atoms with Gasteiger partial charge in [0, 0.05) is 24.7 Å². The standard InChI is InChI=1S/C18H30N2O3/c1-7-15(20-17(21)23-18(3,4)5)12-19-11-14-10-13(2)8-9-16(14)22-6/h8-10,15,19H,7,11-12H2,1-6H3,(H,20,21). The van der Waals surface area contributed by atoms with Crippen molar-refractivity contribution in [1.29, 1.82) is 0 Å². The summed E-state index contributed by atoms with van der Waals surface area (Å²) < 4.78 is 10.7. The van der Waals surface area contributed by atoms with Crippen LogP contribution in [0.4, 0.5) is 4.79 Å². The fraction of sp³-hybridized carbons (Fsp3) is 0.611. The molecule has 1 rings (SSSR count). The maximum absolute atomic E-state index is 11.8. The van der Waals surface area contributed by atoms with Crippen molar-refractivity contribution in [3.05, 3.63) is 29.3 Å². The summed E-state index contributed by atoms with van der Waals surface area (Å²) in [5, 5.41) is 6.27. The van der Waals surface area contributed by atoms with Gasteiger partial charge >= 0.3 is 6.09 Å². The molecule has 1 aromatic carbocycles. The third-order valence-corrected chi connectivity index (χ3v) is 3.36. The third-order valence-electron chi connectivity index (χ3n) is 3.36. The van der Waals surface area contributed by atoms with Crippen LogP contribution in [-0.2, 0) is 11.3 Å². The Kier molecular flexibility index (Phi) is 7.36. The monoisotopic (exact) mass is 322 g/mol. The number of hydrogen-bond acceptors (Lipinski definition) is 4. The summed E-state index contributed by atoms with van der Waals surface area (Å²) in [4.78, 5) is 11.8. The molecule has 0 heterocycles. The van der Waals surface area contributed by atoms with Gasteiger partial charge in [-0.1, -0.05) is 24.6 Å². The summed E-state index contributed by atoms with van der Waals surface area (Å²) in [6.07, 6.45) is 0.455. The SMILES string of the molecule is CCC(CNCc1cc(C)ccc1OC)NC(=O)OC(C)(C)C. The van der Waals surface area contributed by atoms with E-state index < -0.39 is 5.60 Å². The Balaban J connectivity index is 2.49. The molecule has 0 radical (unpaired) electrons. The minimum atomic E-state index is -0.481. The molecule has 23 heavy (non-hydrogen) atoms. The lowest BCUT2D eigenvalue weighted by Gasteiger charge is -2.23. The van der Waals surface area contributed by atoms with Gasteiger partial charge in [0.25, 0.3) is 0 Å². The minimum Gasteiger partial charge on any atom is -0.496 e. The topological polar surface area (TPSA) is 59.6 Å². The van der Waals surface area contributed by atoms with Crippen LogP contribution in [0.2, 0.25) is 0 Å². The first-order valence-electron chi connectivity index (χ1n) is 8.09. The summed E-state index contributed by atoms with van der Waals surface area (Å²) in [6.45, 7) is 11.0. The first-order valence-corrected chi connectivity index (χ1v) is 8.09. The molecule has 5 heteroatoms. The second kappa shape index (κ2) is 8.77. The van der Waals surface area contributed by atoms with Crippen molar-refractivity contribution in [1.82, 2.24) is 10.6 Å². The van der Waals surface area contributed by atoms with E-state index in [-0.39, 0.29) is 12.1 Å². The predicted octanol–water partition coefficient (Wildman–Crippen LogP) is 3.40. The van der Waals surface area contributed by atoms with Gasteiger partial charge < -0.3 is 20.1 Å². The number of amides is 1.